The minimum Gasteiger partial charge on any atom is -0.376 e. The van der Waals surface area contributed by atoms with Crippen LogP contribution < -0.4 is 5.32 Å². The van der Waals surface area contributed by atoms with E-state index in [1.807, 2.05) is 42.7 Å². The summed E-state index contributed by atoms with van der Waals surface area (Å²) in [6, 6.07) is 12.0. The van der Waals surface area contributed by atoms with Gasteiger partial charge in [-0.05, 0) is 129 Å². The lowest BCUT2D eigenvalue weighted by atomic mass is 9.85. The molecule has 7 heterocycles. The summed E-state index contributed by atoms with van der Waals surface area (Å²) in [4.78, 5) is 57.5. The first-order valence-electron chi connectivity index (χ1n) is 23.2. The minimum absolute atomic E-state index is 0.0192. The third kappa shape index (κ3) is 9.50. The highest BCUT2D eigenvalue weighted by Crippen LogP contribution is 2.41. The van der Waals surface area contributed by atoms with Crippen LogP contribution in [0, 0.1) is 11.8 Å². The summed E-state index contributed by atoms with van der Waals surface area (Å²) in [5, 5.41) is 3.38. The number of rotatable bonds is 11. The number of imidazole rings is 2. The molecule has 12 atom stereocenters. The molecule has 0 aliphatic carbocycles. The van der Waals surface area contributed by atoms with E-state index in [-0.39, 0.29) is 78.3 Å². The lowest BCUT2D eigenvalue weighted by Gasteiger charge is -2.39. The summed E-state index contributed by atoms with van der Waals surface area (Å²) in [6.07, 6.45) is 15.7. The van der Waals surface area contributed by atoms with Crippen molar-refractivity contribution in [3.05, 3.63) is 79.0 Å². The SMILES string of the molecule is CNC(C(=O)N1C(c2ncc(-c3ccc(-c4cccncc[nH]c4-c4cnc([C@@H]5CC[C@H](C)N5C(=O)C(OC)C5C[C@@H](C)O[C@@H](C)C5)[nH]4)cc3)[nH]2)CC[C@@H]1C)C1C[C@@H](C)O[C@@H](C)C1. The van der Waals surface area contributed by atoms with E-state index in [9.17, 15) is 9.59 Å². The molecule has 4 N–H and O–H groups in total. The Labute approximate surface area is 372 Å². The number of nitrogens with zero attached hydrogens (tertiary/aromatic N) is 5. The number of likely N-dealkylation sites (N-methyl/N-ethyl adjacent to an activating group) is 1. The molecule has 3 aromatic heterocycles. The molecule has 5 unspecified atom stereocenters. The number of ether oxygens (including phenoxy) is 3. The molecule has 14 nitrogen and oxygen atoms in total. The number of H-pyrrole nitrogens is 3. The molecule has 14 heteroatoms. The van der Waals surface area contributed by atoms with E-state index in [0.29, 0.717) is 0 Å². The summed E-state index contributed by atoms with van der Waals surface area (Å²) in [6.45, 7) is 12.6. The van der Waals surface area contributed by atoms with E-state index in [1.165, 1.54) is 0 Å². The number of benzene rings is 1. The zero-order valence-electron chi connectivity index (χ0n) is 38.2. The van der Waals surface area contributed by atoms with Crippen LogP contribution >= 0.6 is 0 Å². The van der Waals surface area contributed by atoms with Crippen molar-refractivity contribution in [1.29, 1.82) is 0 Å². The van der Waals surface area contributed by atoms with Crippen LogP contribution in [0.4, 0.5) is 0 Å². The van der Waals surface area contributed by atoms with Crippen molar-refractivity contribution in [1.82, 2.24) is 45.0 Å². The van der Waals surface area contributed by atoms with E-state index in [4.69, 9.17) is 24.2 Å². The second-order valence-corrected chi connectivity index (χ2v) is 18.6. The lowest BCUT2D eigenvalue weighted by molar-refractivity contribution is -0.154. The first-order valence-corrected chi connectivity index (χ1v) is 23.2. The maximum atomic E-state index is 14.3. The Morgan fingerprint density at radius 3 is 1.84 bits per heavy atom. The third-order valence-corrected chi connectivity index (χ3v) is 14.0. The molecule has 2 amide bonds. The van der Waals surface area contributed by atoms with Crippen LogP contribution in [0.5, 0.6) is 0 Å². The number of likely N-dealkylation sites (tertiary alicyclic amines) is 2. The van der Waals surface area contributed by atoms with Gasteiger partial charge in [-0.15, -0.1) is 0 Å². The standard InChI is InChI=1S/C49H67N9O5/c1-28-11-17-41(57(28)48(59)43(50-7)36-22-30(3)62-31(4)23-36)46-53-26-39(55-46)35-15-13-34(14-16-35)38-10-9-19-51-20-21-52-44(38)40-27-54-47(56-40)42-18-12-29(2)58(42)49(60)45(61-8)37-24-32(5)63-33(6)25-37/h9-10,13-16,19-21,26-33,36-37,41-43,45,50,52H,11-12,17-18,22-25H2,1-8H3,(H,53,55)(H,54,56)/t28-,29-,30-,31+,32-,33+,36?,37?,41?,42-,43?,45?/m0/s1. The molecule has 4 aliphatic heterocycles. The number of carbonyl (C=O) groups excluding carboxylic acids is 2. The predicted molar refractivity (Wildman–Crippen MR) is 242 cm³/mol. The Kier molecular flexibility index (Phi) is 13.8. The van der Waals surface area contributed by atoms with Crippen LogP contribution in [0.1, 0.15) is 117 Å². The number of aromatic amines is 3. The number of hydrogen-bond acceptors (Lipinski definition) is 9. The van der Waals surface area contributed by atoms with Crippen molar-refractivity contribution >= 4 is 11.8 Å². The monoisotopic (exact) mass is 862 g/mol. The largest absolute Gasteiger partial charge is 0.376 e. The van der Waals surface area contributed by atoms with Crippen molar-refractivity contribution in [2.75, 3.05) is 14.2 Å². The topological polar surface area (TPSA) is 166 Å². The van der Waals surface area contributed by atoms with E-state index < -0.39 is 6.10 Å². The van der Waals surface area contributed by atoms with Crippen LogP contribution in [-0.4, -0.2) is 114 Å². The highest BCUT2D eigenvalue weighted by molar-refractivity contribution is 5.84. The first kappa shape index (κ1) is 44.7. The van der Waals surface area contributed by atoms with Crippen LogP contribution in [0.25, 0.3) is 33.8 Å². The number of amides is 2. The fourth-order valence-electron chi connectivity index (χ4n) is 11.2. The smallest absolute Gasteiger partial charge is 0.252 e. The van der Waals surface area contributed by atoms with Crippen LogP contribution in [-0.2, 0) is 23.8 Å². The van der Waals surface area contributed by atoms with Crippen LogP contribution in [0.2, 0.25) is 0 Å². The van der Waals surface area contributed by atoms with E-state index in [0.717, 1.165) is 96.8 Å². The molecule has 0 radical (unpaired) electrons. The Balaban J connectivity index is 1.03. The van der Waals surface area contributed by atoms with Gasteiger partial charge >= 0.3 is 0 Å². The molecular formula is C49H67N9O5. The summed E-state index contributed by atoms with van der Waals surface area (Å²) >= 11 is 0. The fraction of sp³-hybridized carbons (Fsp3) is 0.571. The number of nitrogens with one attached hydrogen (secondary N) is 4. The zero-order chi connectivity index (χ0) is 44.4. The van der Waals surface area contributed by atoms with Gasteiger partial charge in [-0.1, -0.05) is 30.3 Å². The van der Waals surface area contributed by atoms with Crippen LogP contribution in [0.15, 0.2) is 67.4 Å². The Morgan fingerprint density at radius 2 is 1.25 bits per heavy atom. The van der Waals surface area contributed by atoms with Crippen molar-refractivity contribution in [2.24, 2.45) is 11.8 Å². The molecule has 0 saturated carbocycles. The average Bonchev–Trinajstić information content (AvgIpc) is 4.08. The second-order valence-electron chi connectivity index (χ2n) is 18.6. The van der Waals surface area contributed by atoms with Gasteiger partial charge < -0.3 is 44.3 Å². The summed E-state index contributed by atoms with van der Waals surface area (Å²) in [5.41, 5.74) is 5.45. The molecule has 8 rings (SSSR count). The molecule has 0 spiro atoms. The molecular weight excluding hydrogens is 795 g/mol. The van der Waals surface area contributed by atoms with Crippen molar-refractivity contribution in [3.63, 3.8) is 0 Å². The average molecular weight is 862 g/mol. The molecule has 4 aromatic rings. The molecule has 4 aliphatic rings. The Hall–Kier alpha value is -4.89. The van der Waals surface area contributed by atoms with Crippen LogP contribution in [0.3, 0.4) is 0 Å². The minimum atomic E-state index is -0.537. The number of aromatic nitrogens is 6. The van der Waals surface area contributed by atoms with Gasteiger partial charge in [0.05, 0.1) is 72.0 Å². The third-order valence-electron chi connectivity index (χ3n) is 14.0. The molecule has 338 valence electrons. The fourth-order valence-corrected chi connectivity index (χ4v) is 11.2. The maximum absolute atomic E-state index is 14.3. The highest BCUT2D eigenvalue weighted by atomic mass is 16.5. The lowest BCUT2D eigenvalue weighted by Crippen LogP contribution is -2.53. The highest BCUT2D eigenvalue weighted by Gasteiger charge is 2.45. The van der Waals surface area contributed by atoms with Gasteiger partial charge in [-0.25, -0.2) is 9.97 Å². The molecule has 4 saturated heterocycles. The van der Waals surface area contributed by atoms with Crippen molar-refractivity contribution < 1.29 is 23.8 Å². The number of carbonyl (C=O) groups is 2. The molecule has 1 aromatic carbocycles. The number of methoxy groups -OCH3 is 1. The van der Waals surface area contributed by atoms with Gasteiger partial charge in [0.15, 0.2) is 0 Å². The van der Waals surface area contributed by atoms with Gasteiger partial charge in [-0.2, -0.15) is 0 Å². The van der Waals surface area contributed by atoms with Crippen molar-refractivity contribution in [3.8, 4) is 33.8 Å². The van der Waals surface area contributed by atoms with Gasteiger partial charge in [0.2, 0.25) is 5.91 Å². The van der Waals surface area contributed by atoms with E-state index in [1.54, 1.807) is 19.5 Å². The summed E-state index contributed by atoms with van der Waals surface area (Å²) in [5.74, 6) is 2.02. The normalized spacial score (nSPS) is 29.7. The predicted octanol–water partition coefficient (Wildman–Crippen LogP) is 8.10. The molecule has 63 heavy (non-hydrogen) atoms. The zero-order valence-corrected chi connectivity index (χ0v) is 38.2. The summed E-state index contributed by atoms with van der Waals surface area (Å²) in [7, 11) is 3.55. The van der Waals surface area contributed by atoms with Gasteiger partial charge in [0.25, 0.3) is 5.91 Å². The first-order chi connectivity index (χ1) is 30.4. The maximum Gasteiger partial charge on any atom is 0.252 e. The van der Waals surface area contributed by atoms with Crippen molar-refractivity contribution in [2.45, 2.75) is 154 Å². The second kappa shape index (κ2) is 19.5. The van der Waals surface area contributed by atoms with Gasteiger partial charge in [0, 0.05) is 43.3 Å². The van der Waals surface area contributed by atoms with Gasteiger partial charge in [-0.3, -0.25) is 14.6 Å². The molecule has 4 fully saturated rings. The quantitative estimate of drug-likeness (QED) is 0.117. The summed E-state index contributed by atoms with van der Waals surface area (Å²) < 4.78 is 18.0. The Morgan fingerprint density at radius 1 is 0.714 bits per heavy atom. The Bertz CT molecular complexity index is 2220. The number of hydrogen-bond donors (Lipinski definition) is 4. The molecule has 0 bridgehead atoms. The van der Waals surface area contributed by atoms with E-state index in [2.05, 4.69) is 96.0 Å². The van der Waals surface area contributed by atoms with E-state index >= 15 is 0 Å². The van der Waals surface area contributed by atoms with Gasteiger partial charge in [0.1, 0.15) is 17.8 Å².